The quantitative estimate of drug-likeness (QED) is 0.743. The van der Waals surface area contributed by atoms with Crippen LogP contribution < -0.4 is 5.32 Å². The normalized spacial score (nSPS) is 25.4. The smallest absolute Gasteiger partial charge is 0.242 e. The third-order valence-corrected chi connectivity index (χ3v) is 4.56. The molecule has 110 valence electrons. The summed E-state index contributed by atoms with van der Waals surface area (Å²) in [6.07, 6.45) is 1.35. The monoisotopic (exact) mass is 269 g/mol. The van der Waals surface area contributed by atoms with Crippen LogP contribution in [0.4, 0.5) is 0 Å². The second-order valence-corrected chi connectivity index (χ2v) is 6.59. The molecule has 2 heterocycles. The van der Waals surface area contributed by atoms with Gasteiger partial charge in [-0.2, -0.15) is 0 Å². The molecule has 0 aromatic rings. The zero-order chi connectivity index (χ0) is 14.1. The van der Waals surface area contributed by atoms with E-state index in [1.54, 1.807) is 0 Å². The van der Waals surface area contributed by atoms with Gasteiger partial charge in [0.1, 0.15) is 0 Å². The van der Waals surface area contributed by atoms with Gasteiger partial charge in [0.25, 0.3) is 0 Å². The lowest BCUT2D eigenvalue weighted by Crippen LogP contribution is -2.62. The number of aliphatic hydroxyl groups is 1. The molecule has 2 aliphatic rings. The van der Waals surface area contributed by atoms with E-state index < -0.39 is 11.1 Å². The van der Waals surface area contributed by atoms with Gasteiger partial charge in [0.15, 0.2) is 0 Å². The minimum atomic E-state index is -0.601. The van der Waals surface area contributed by atoms with E-state index in [2.05, 4.69) is 10.2 Å². The van der Waals surface area contributed by atoms with Crippen LogP contribution in [-0.2, 0) is 4.79 Å². The largest absolute Gasteiger partial charge is 0.390 e. The van der Waals surface area contributed by atoms with E-state index in [9.17, 15) is 9.90 Å². The minimum Gasteiger partial charge on any atom is -0.390 e. The van der Waals surface area contributed by atoms with Crippen LogP contribution in [0.3, 0.4) is 0 Å². The Balaban J connectivity index is 1.98. The highest BCUT2D eigenvalue weighted by atomic mass is 16.3. The topological polar surface area (TPSA) is 55.8 Å². The molecule has 0 radical (unpaired) electrons. The number of piperazine rings is 1. The molecule has 2 aliphatic heterocycles. The van der Waals surface area contributed by atoms with Crippen molar-refractivity contribution >= 4 is 5.91 Å². The maximum Gasteiger partial charge on any atom is 0.242 e. The molecule has 0 aliphatic carbocycles. The number of rotatable bonds is 2. The molecule has 0 aromatic carbocycles. The van der Waals surface area contributed by atoms with Crippen molar-refractivity contribution in [3.05, 3.63) is 0 Å². The summed E-state index contributed by atoms with van der Waals surface area (Å²) in [6, 6.07) is 0. The summed E-state index contributed by atoms with van der Waals surface area (Å²) in [5.74, 6) is 0.199. The van der Waals surface area contributed by atoms with Crippen molar-refractivity contribution in [1.82, 2.24) is 15.1 Å². The van der Waals surface area contributed by atoms with Crippen molar-refractivity contribution in [2.24, 2.45) is 0 Å². The van der Waals surface area contributed by atoms with Gasteiger partial charge in [0, 0.05) is 39.3 Å². The molecule has 0 unspecified atom stereocenters. The molecule has 0 aromatic heterocycles. The van der Waals surface area contributed by atoms with Crippen LogP contribution in [0.5, 0.6) is 0 Å². The van der Waals surface area contributed by atoms with Crippen molar-refractivity contribution in [2.75, 3.05) is 39.3 Å². The van der Waals surface area contributed by atoms with Crippen LogP contribution in [0.25, 0.3) is 0 Å². The van der Waals surface area contributed by atoms with Crippen LogP contribution in [0.1, 0.15) is 33.6 Å². The molecule has 2 fully saturated rings. The Bertz CT molecular complexity index is 326. The molecule has 5 nitrogen and oxygen atoms in total. The van der Waals surface area contributed by atoms with Gasteiger partial charge in [-0.1, -0.05) is 0 Å². The number of hydrogen-bond acceptors (Lipinski definition) is 4. The van der Waals surface area contributed by atoms with Gasteiger partial charge in [-0.15, -0.1) is 0 Å². The van der Waals surface area contributed by atoms with Crippen molar-refractivity contribution in [3.8, 4) is 0 Å². The molecule has 0 atom stereocenters. The second kappa shape index (κ2) is 5.38. The first-order valence-corrected chi connectivity index (χ1v) is 7.30. The summed E-state index contributed by atoms with van der Waals surface area (Å²) in [7, 11) is 0. The number of carbonyl (C=O) groups excluding carboxylic acids is 1. The Hall–Kier alpha value is -0.650. The Morgan fingerprint density at radius 3 is 2.21 bits per heavy atom. The van der Waals surface area contributed by atoms with E-state index in [-0.39, 0.29) is 5.91 Å². The summed E-state index contributed by atoms with van der Waals surface area (Å²) in [5.41, 5.74) is -1.04. The van der Waals surface area contributed by atoms with Crippen molar-refractivity contribution in [3.63, 3.8) is 0 Å². The average molecular weight is 269 g/mol. The van der Waals surface area contributed by atoms with Crippen molar-refractivity contribution in [2.45, 2.75) is 44.8 Å². The fourth-order valence-corrected chi connectivity index (χ4v) is 2.94. The Kier molecular flexibility index (Phi) is 4.18. The Morgan fingerprint density at radius 1 is 1.16 bits per heavy atom. The van der Waals surface area contributed by atoms with Gasteiger partial charge in [0.2, 0.25) is 5.91 Å². The van der Waals surface area contributed by atoms with Gasteiger partial charge in [0.05, 0.1) is 11.1 Å². The highest BCUT2D eigenvalue weighted by molar-refractivity contribution is 5.85. The number of piperidine rings is 1. The molecule has 5 heteroatoms. The molecule has 0 saturated carbocycles. The van der Waals surface area contributed by atoms with Crippen LogP contribution in [0.2, 0.25) is 0 Å². The van der Waals surface area contributed by atoms with Gasteiger partial charge in [-0.25, -0.2) is 0 Å². The lowest BCUT2D eigenvalue weighted by atomic mass is 9.91. The highest BCUT2D eigenvalue weighted by Gasteiger charge is 2.40. The number of hydrogen-bond donors (Lipinski definition) is 2. The second-order valence-electron chi connectivity index (χ2n) is 6.59. The molecule has 0 bridgehead atoms. The van der Waals surface area contributed by atoms with E-state index in [0.717, 1.165) is 26.2 Å². The van der Waals surface area contributed by atoms with E-state index in [4.69, 9.17) is 0 Å². The molecule has 19 heavy (non-hydrogen) atoms. The fourth-order valence-electron chi connectivity index (χ4n) is 2.94. The third kappa shape index (κ3) is 3.27. The third-order valence-electron chi connectivity index (χ3n) is 4.56. The first-order chi connectivity index (χ1) is 8.83. The van der Waals surface area contributed by atoms with Crippen molar-refractivity contribution in [1.29, 1.82) is 0 Å². The predicted molar refractivity (Wildman–Crippen MR) is 75.0 cm³/mol. The molecule has 2 rings (SSSR count). The molecule has 2 saturated heterocycles. The number of carbonyl (C=O) groups is 1. The minimum absolute atomic E-state index is 0.199. The molecular formula is C14H27N3O2. The summed E-state index contributed by atoms with van der Waals surface area (Å²) in [6.45, 7) is 11.0. The zero-order valence-electron chi connectivity index (χ0n) is 12.4. The number of amides is 1. The zero-order valence-corrected chi connectivity index (χ0v) is 12.4. The highest BCUT2D eigenvalue weighted by Crippen LogP contribution is 2.25. The van der Waals surface area contributed by atoms with E-state index in [1.165, 1.54) is 0 Å². The number of likely N-dealkylation sites (tertiary alicyclic amines) is 1. The first kappa shape index (κ1) is 14.8. The summed E-state index contributed by atoms with van der Waals surface area (Å²) in [4.78, 5) is 16.9. The van der Waals surface area contributed by atoms with Gasteiger partial charge >= 0.3 is 0 Å². The Labute approximate surface area is 115 Å². The van der Waals surface area contributed by atoms with E-state index in [1.807, 2.05) is 25.7 Å². The lowest BCUT2D eigenvalue weighted by Gasteiger charge is -2.44. The lowest BCUT2D eigenvalue weighted by molar-refractivity contribution is -0.146. The van der Waals surface area contributed by atoms with Crippen LogP contribution >= 0.6 is 0 Å². The molecular weight excluding hydrogens is 242 g/mol. The SMILES string of the molecule is CC1(O)CCN(C(=O)C(C)(C)N2CCNCC2)CC1. The number of nitrogens with zero attached hydrogens (tertiary/aromatic N) is 2. The van der Waals surface area contributed by atoms with E-state index in [0.29, 0.717) is 25.9 Å². The van der Waals surface area contributed by atoms with E-state index >= 15 is 0 Å². The summed E-state index contributed by atoms with van der Waals surface area (Å²) in [5, 5.41) is 13.3. The van der Waals surface area contributed by atoms with Crippen LogP contribution in [-0.4, -0.2) is 71.2 Å². The maximum absolute atomic E-state index is 12.7. The van der Waals surface area contributed by atoms with Gasteiger partial charge in [-0.05, 0) is 33.6 Å². The molecule has 2 N–H and O–H groups in total. The van der Waals surface area contributed by atoms with Crippen LogP contribution in [0, 0.1) is 0 Å². The van der Waals surface area contributed by atoms with Crippen LogP contribution in [0.15, 0.2) is 0 Å². The molecule has 0 spiro atoms. The van der Waals surface area contributed by atoms with Gasteiger partial charge < -0.3 is 15.3 Å². The van der Waals surface area contributed by atoms with Gasteiger partial charge in [-0.3, -0.25) is 9.69 Å². The fraction of sp³-hybridized carbons (Fsp3) is 0.929. The standard InChI is InChI=1S/C14H27N3O2/c1-13(2,17-10-6-15-7-11-17)12(18)16-8-4-14(3,19)5-9-16/h15,19H,4-11H2,1-3H3. The first-order valence-electron chi connectivity index (χ1n) is 7.30. The number of nitrogens with one attached hydrogen (secondary N) is 1. The Morgan fingerprint density at radius 2 is 1.68 bits per heavy atom. The molecule has 1 amide bonds. The average Bonchev–Trinajstić information content (AvgIpc) is 2.39. The summed E-state index contributed by atoms with van der Waals surface area (Å²) < 4.78 is 0. The van der Waals surface area contributed by atoms with Crippen molar-refractivity contribution < 1.29 is 9.90 Å². The predicted octanol–water partition coefficient (Wildman–Crippen LogP) is 0.0436. The summed E-state index contributed by atoms with van der Waals surface area (Å²) >= 11 is 0. The maximum atomic E-state index is 12.7.